The van der Waals surface area contributed by atoms with Crippen LogP contribution in [-0.2, 0) is 4.74 Å². The van der Waals surface area contributed by atoms with Crippen LogP contribution in [0, 0.1) is 0 Å². The molecule has 1 aliphatic rings. The number of aromatic nitrogens is 2. The molecule has 0 aliphatic carbocycles. The van der Waals surface area contributed by atoms with Crippen molar-refractivity contribution in [3.8, 4) is 11.1 Å². The molecule has 0 N–H and O–H groups in total. The Labute approximate surface area is 157 Å². The van der Waals surface area contributed by atoms with Gasteiger partial charge in [0.25, 0.3) is 0 Å². The minimum atomic E-state index is 0.451. The van der Waals surface area contributed by atoms with E-state index in [2.05, 4.69) is 70.6 Å². The monoisotopic (exact) mass is 352 g/mol. The Morgan fingerprint density at radius 3 is 2.33 bits per heavy atom. The molecule has 0 spiro atoms. The lowest BCUT2D eigenvalue weighted by Crippen LogP contribution is -2.19. The fourth-order valence-electron chi connectivity index (χ4n) is 4.61. The van der Waals surface area contributed by atoms with Crippen LogP contribution in [0.25, 0.3) is 43.4 Å². The zero-order chi connectivity index (χ0) is 17.8. The summed E-state index contributed by atoms with van der Waals surface area (Å²) < 4.78 is 7.63. The lowest BCUT2D eigenvalue weighted by molar-refractivity contribution is 0.0662. The van der Waals surface area contributed by atoms with Crippen molar-refractivity contribution in [1.29, 1.82) is 0 Å². The number of hydrogen-bond donors (Lipinski definition) is 0. The first-order valence-corrected chi connectivity index (χ1v) is 9.67. The molecular weight excluding hydrogens is 332 g/mol. The first kappa shape index (κ1) is 15.2. The Morgan fingerprint density at radius 2 is 1.52 bits per heavy atom. The zero-order valence-corrected chi connectivity index (χ0v) is 15.1. The topological polar surface area (TPSA) is 27.1 Å². The molecule has 1 aliphatic heterocycles. The molecule has 0 bridgehead atoms. The number of hydrogen-bond acceptors (Lipinski definition) is 2. The van der Waals surface area contributed by atoms with E-state index in [0.29, 0.717) is 6.04 Å². The van der Waals surface area contributed by atoms with Crippen LogP contribution in [0.4, 0.5) is 0 Å². The summed E-state index contributed by atoms with van der Waals surface area (Å²) in [5, 5.41) is 12.6. The van der Waals surface area contributed by atoms with Crippen LogP contribution < -0.4 is 0 Å². The summed E-state index contributed by atoms with van der Waals surface area (Å²) in [5.41, 5.74) is 2.46. The summed E-state index contributed by atoms with van der Waals surface area (Å²) in [6.45, 7) is 1.66. The van der Waals surface area contributed by atoms with Crippen molar-refractivity contribution >= 4 is 32.3 Å². The predicted molar refractivity (Wildman–Crippen MR) is 110 cm³/mol. The third-order valence-electron chi connectivity index (χ3n) is 6.01. The largest absolute Gasteiger partial charge is 0.381 e. The Hall–Kier alpha value is -2.91. The van der Waals surface area contributed by atoms with Crippen LogP contribution in [0.1, 0.15) is 18.9 Å². The van der Waals surface area contributed by atoms with Crippen molar-refractivity contribution < 1.29 is 4.74 Å². The molecule has 1 fully saturated rings. The van der Waals surface area contributed by atoms with E-state index in [0.717, 1.165) is 26.1 Å². The van der Waals surface area contributed by atoms with Gasteiger partial charge in [-0.15, -0.1) is 0 Å². The molecule has 1 aromatic heterocycles. The van der Waals surface area contributed by atoms with E-state index < -0.39 is 0 Å². The predicted octanol–water partition coefficient (Wildman–Crippen LogP) is 5.80. The highest BCUT2D eigenvalue weighted by molar-refractivity contribution is 6.25. The van der Waals surface area contributed by atoms with E-state index in [1.807, 2.05) is 6.20 Å². The van der Waals surface area contributed by atoms with Crippen molar-refractivity contribution in [3.63, 3.8) is 0 Å². The molecule has 0 amide bonds. The van der Waals surface area contributed by atoms with Gasteiger partial charge in [0.05, 0.1) is 12.2 Å². The molecule has 0 saturated carbocycles. The lowest BCUT2D eigenvalue weighted by Gasteiger charge is -2.22. The van der Waals surface area contributed by atoms with Crippen LogP contribution in [0.5, 0.6) is 0 Å². The molecule has 2 heterocycles. The molecule has 6 rings (SSSR count). The van der Waals surface area contributed by atoms with Gasteiger partial charge in [0.1, 0.15) is 0 Å². The summed E-state index contributed by atoms with van der Waals surface area (Å²) in [6, 6.07) is 20.5. The van der Waals surface area contributed by atoms with E-state index in [1.165, 1.54) is 43.4 Å². The molecule has 3 heteroatoms. The van der Waals surface area contributed by atoms with Crippen molar-refractivity contribution in [1.82, 2.24) is 9.78 Å². The van der Waals surface area contributed by atoms with Gasteiger partial charge < -0.3 is 4.74 Å². The number of rotatable bonds is 2. The molecule has 1 saturated heterocycles. The van der Waals surface area contributed by atoms with Gasteiger partial charge in [0.2, 0.25) is 0 Å². The van der Waals surface area contributed by atoms with E-state index in [9.17, 15) is 0 Å². The number of nitrogens with zero attached hydrogens (tertiary/aromatic N) is 2. The van der Waals surface area contributed by atoms with Crippen molar-refractivity contribution in [2.75, 3.05) is 13.2 Å². The summed E-state index contributed by atoms with van der Waals surface area (Å²) in [6.07, 6.45) is 6.31. The Bertz CT molecular complexity index is 1250. The van der Waals surface area contributed by atoms with Crippen molar-refractivity contribution in [3.05, 3.63) is 67.0 Å². The van der Waals surface area contributed by atoms with Crippen LogP contribution in [0.2, 0.25) is 0 Å². The lowest BCUT2D eigenvalue weighted by atomic mass is 9.90. The van der Waals surface area contributed by atoms with E-state index in [1.54, 1.807) is 0 Å². The SMILES string of the molecule is c1cc2ccc3ccc(-c4cnn(C5CCOCC5)c4)c4ccc(c1)c2c34. The third-order valence-corrected chi connectivity index (χ3v) is 6.01. The third kappa shape index (κ3) is 2.28. The maximum Gasteiger partial charge on any atom is 0.0568 e. The minimum absolute atomic E-state index is 0.451. The molecule has 0 atom stereocenters. The minimum Gasteiger partial charge on any atom is -0.381 e. The molecule has 0 radical (unpaired) electrons. The molecular formula is C24H20N2O. The first-order chi connectivity index (χ1) is 13.4. The van der Waals surface area contributed by atoms with Crippen molar-refractivity contribution in [2.24, 2.45) is 0 Å². The van der Waals surface area contributed by atoms with Crippen molar-refractivity contribution in [2.45, 2.75) is 18.9 Å². The van der Waals surface area contributed by atoms with Gasteiger partial charge >= 0.3 is 0 Å². The molecule has 3 nitrogen and oxygen atoms in total. The van der Waals surface area contributed by atoms with Crippen LogP contribution >= 0.6 is 0 Å². The fourth-order valence-corrected chi connectivity index (χ4v) is 4.61. The zero-order valence-electron chi connectivity index (χ0n) is 15.1. The summed E-state index contributed by atoms with van der Waals surface area (Å²) in [7, 11) is 0. The van der Waals surface area contributed by atoms with Gasteiger partial charge in [-0.05, 0) is 50.7 Å². The second kappa shape index (κ2) is 5.80. The van der Waals surface area contributed by atoms with Crippen LogP contribution in [0.15, 0.2) is 67.0 Å². The average molecular weight is 352 g/mol. The molecule has 4 aromatic carbocycles. The smallest absolute Gasteiger partial charge is 0.0568 e. The summed E-state index contributed by atoms with van der Waals surface area (Å²) >= 11 is 0. The maximum absolute atomic E-state index is 5.49. The van der Waals surface area contributed by atoms with E-state index in [4.69, 9.17) is 4.74 Å². The average Bonchev–Trinajstić information content (AvgIpc) is 3.23. The Morgan fingerprint density at radius 1 is 0.815 bits per heavy atom. The van der Waals surface area contributed by atoms with Gasteiger partial charge in [-0.3, -0.25) is 4.68 Å². The summed E-state index contributed by atoms with van der Waals surface area (Å²) in [4.78, 5) is 0. The quantitative estimate of drug-likeness (QED) is 0.376. The molecule has 27 heavy (non-hydrogen) atoms. The standard InChI is InChI=1S/C24H20N2O/c1-2-16-4-5-18-6-8-21(22-9-7-17(3-1)23(16)24(18)22)19-14-25-26(15-19)20-10-12-27-13-11-20/h1-9,14-15,20H,10-13H2. The second-order valence-corrected chi connectivity index (χ2v) is 7.52. The van der Waals surface area contributed by atoms with Gasteiger partial charge in [-0.25, -0.2) is 0 Å². The highest BCUT2D eigenvalue weighted by Crippen LogP contribution is 2.39. The molecule has 132 valence electrons. The van der Waals surface area contributed by atoms with Gasteiger partial charge in [0.15, 0.2) is 0 Å². The Balaban J connectivity index is 1.57. The van der Waals surface area contributed by atoms with Crippen LogP contribution in [-0.4, -0.2) is 23.0 Å². The summed E-state index contributed by atoms with van der Waals surface area (Å²) in [5.74, 6) is 0. The first-order valence-electron chi connectivity index (χ1n) is 9.67. The van der Waals surface area contributed by atoms with Gasteiger partial charge in [-0.2, -0.15) is 5.10 Å². The molecule has 5 aromatic rings. The Kier molecular flexibility index (Phi) is 3.26. The van der Waals surface area contributed by atoms with E-state index in [-0.39, 0.29) is 0 Å². The second-order valence-electron chi connectivity index (χ2n) is 7.52. The maximum atomic E-state index is 5.49. The van der Waals surface area contributed by atoms with Gasteiger partial charge in [0, 0.05) is 25.0 Å². The molecule has 0 unspecified atom stereocenters. The number of ether oxygens (including phenoxy) is 1. The highest BCUT2D eigenvalue weighted by atomic mass is 16.5. The normalized spacial score (nSPS) is 16.0. The number of benzene rings is 4. The highest BCUT2D eigenvalue weighted by Gasteiger charge is 2.18. The van der Waals surface area contributed by atoms with Gasteiger partial charge in [-0.1, -0.05) is 54.6 Å². The fraction of sp³-hybridized carbons (Fsp3) is 0.208. The van der Waals surface area contributed by atoms with E-state index >= 15 is 0 Å². The van der Waals surface area contributed by atoms with Crippen LogP contribution in [0.3, 0.4) is 0 Å².